The van der Waals surface area contributed by atoms with Gasteiger partial charge in [0, 0.05) is 6.04 Å². The second-order valence-corrected chi connectivity index (χ2v) is 3.04. The van der Waals surface area contributed by atoms with E-state index in [1.54, 1.807) is 0 Å². The van der Waals surface area contributed by atoms with Crippen LogP contribution < -0.4 is 5.32 Å². The minimum atomic E-state index is -0.437. The van der Waals surface area contributed by atoms with Crippen molar-refractivity contribution in [1.29, 1.82) is 0 Å². The van der Waals surface area contributed by atoms with Crippen molar-refractivity contribution < 1.29 is 4.79 Å². The van der Waals surface area contributed by atoms with Crippen molar-refractivity contribution >= 4 is 5.91 Å². The summed E-state index contributed by atoms with van der Waals surface area (Å²) in [5, 5.41) is 2.61. The molecule has 2 nitrogen and oxygen atoms in total. The van der Waals surface area contributed by atoms with Crippen molar-refractivity contribution in [3.8, 4) is 0 Å². The van der Waals surface area contributed by atoms with Crippen LogP contribution in [0.15, 0.2) is 0 Å². The molecule has 1 N–H and O–H groups in total. The summed E-state index contributed by atoms with van der Waals surface area (Å²) >= 11 is 0. The van der Waals surface area contributed by atoms with Gasteiger partial charge in [-0.15, -0.1) is 0 Å². The Balaban J connectivity index is 3.43. The van der Waals surface area contributed by atoms with Gasteiger partial charge in [-0.05, 0) is 19.3 Å². The molecule has 1 unspecified atom stereocenters. The lowest BCUT2D eigenvalue weighted by Crippen LogP contribution is -2.31. The first-order chi connectivity index (χ1) is 4.52. The van der Waals surface area contributed by atoms with Crippen LogP contribution in [-0.4, -0.2) is 11.9 Å². The Bertz CT molecular complexity index is 110. The molecule has 0 aliphatic rings. The number of amides is 1. The SMILES string of the molecule is [CH]C(=O)NC(C)CC(C)C. The maximum absolute atomic E-state index is 10.3. The lowest BCUT2D eigenvalue weighted by molar-refractivity contribution is -0.117. The third-order valence-electron chi connectivity index (χ3n) is 1.21. The molecular formula is C8H15NO. The van der Waals surface area contributed by atoms with Gasteiger partial charge in [0.15, 0.2) is 0 Å². The lowest BCUT2D eigenvalue weighted by atomic mass is 10.1. The van der Waals surface area contributed by atoms with Crippen LogP contribution in [0.5, 0.6) is 0 Å². The fourth-order valence-electron chi connectivity index (χ4n) is 1.01. The van der Waals surface area contributed by atoms with E-state index in [2.05, 4.69) is 19.2 Å². The van der Waals surface area contributed by atoms with Gasteiger partial charge in [0.1, 0.15) is 0 Å². The van der Waals surface area contributed by atoms with Crippen LogP contribution in [0.2, 0.25) is 0 Å². The molecule has 0 aromatic carbocycles. The van der Waals surface area contributed by atoms with Crippen molar-refractivity contribution in [3.05, 3.63) is 6.92 Å². The third kappa shape index (κ3) is 5.60. The predicted octanol–water partition coefficient (Wildman–Crippen LogP) is 1.25. The average Bonchev–Trinajstić information content (AvgIpc) is 1.58. The summed E-state index contributed by atoms with van der Waals surface area (Å²) in [4.78, 5) is 10.3. The maximum atomic E-state index is 10.3. The van der Waals surface area contributed by atoms with Crippen molar-refractivity contribution in [2.75, 3.05) is 0 Å². The average molecular weight is 141 g/mol. The molecule has 0 saturated carbocycles. The molecule has 0 saturated heterocycles. The van der Waals surface area contributed by atoms with Crippen LogP contribution in [0.3, 0.4) is 0 Å². The van der Waals surface area contributed by atoms with Gasteiger partial charge < -0.3 is 5.32 Å². The minimum absolute atomic E-state index is 0.192. The summed E-state index contributed by atoms with van der Waals surface area (Å²) in [6, 6.07) is 0.192. The van der Waals surface area contributed by atoms with E-state index in [0.717, 1.165) is 6.42 Å². The monoisotopic (exact) mass is 141 g/mol. The molecule has 0 fully saturated rings. The van der Waals surface area contributed by atoms with Crippen LogP contribution >= 0.6 is 0 Å². The topological polar surface area (TPSA) is 29.1 Å². The number of hydrogen-bond donors (Lipinski definition) is 1. The zero-order valence-corrected chi connectivity index (χ0v) is 6.85. The fourth-order valence-corrected chi connectivity index (χ4v) is 1.01. The molecule has 0 spiro atoms. The fraction of sp³-hybridized carbons (Fsp3) is 0.750. The lowest BCUT2D eigenvalue weighted by Gasteiger charge is -2.13. The van der Waals surface area contributed by atoms with E-state index in [1.165, 1.54) is 0 Å². The molecule has 0 aliphatic carbocycles. The van der Waals surface area contributed by atoms with Crippen LogP contribution in [-0.2, 0) is 4.79 Å². The Hall–Kier alpha value is -0.530. The molecule has 0 bridgehead atoms. The van der Waals surface area contributed by atoms with E-state index in [-0.39, 0.29) is 6.04 Å². The number of carbonyl (C=O) groups is 1. The zero-order valence-electron chi connectivity index (χ0n) is 6.85. The summed E-state index contributed by atoms with van der Waals surface area (Å²) in [5.74, 6) is 0.162. The zero-order chi connectivity index (χ0) is 8.15. The summed E-state index contributed by atoms with van der Waals surface area (Å²) in [7, 11) is 0. The highest BCUT2D eigenvalue weighted by atomic mass is 16.1. The van der Waals surface area contributed by atoms with Gasteiger partial charge in [-0.25, -0.2) is 0 Å². The van der Waals surface area contributed by atoms with Crippen LogP contribution in [0.1, 0.15) is 27.2 Å². The first-order valence-electron chi connectivity index (χ1n) is 3.58. The van der Waals surface area contributed by atoms with Crippen LogP contribution in [0, 0.1) is 12.8 Å². The van der Waals surface area contributed by atoms with Crippen LogP contribution in [0.4, 0.5) is 0 Å². The second-order valence-electron chi connectivity index (χ2n) is 3.04. The van der Waals surface area contributed by atoms with Gasteiger partial charge in [0.05, 0.1) is 6.92 Å². The Labute approximate surface area is 63.0 Å². The maximum Gasteiger partial charge on any atom is 0.224 e. The largest absolute Gasteiger partial charge is 0.353 e. The van der Waals surface area contributed by atoms with E-state index in [1.807, 2.05) is 6.92 Å². The standard InChI is InChI=1S/C8H15NO/c1-6(2)5-7(3)9-8(4)10/h4,6-7H,5H2,1-3H3,(H,9,10). The molecule has 2 heteroatoms. The number of carbonyl (C=O) groups excluding carboxylic acids is 1. The van der Waals surface area contributed by atoms with Gasteiger partial charge >= 0.3 is 0 Å². The number of rotatable bonds is 3. The van der Waals surface area contributed by atoms with Gasteiger partial charge in [-0.1, -0.05) is 13.8 Å². The minimum Gasteiger partial charge on any atom is -0.353 e. The highest BCUT2D eigenvalue weighted by molar-refractivity contribution is 5.80. The molecule has 0 heterocycles. The molecule has 1 atom stereocenters. The second kappa shape index (κ2) is 4.31. The summed E-state index contributed by atoms with van der Waals surface area (Å²) in [6.07, 6.45) is 0.975. The Morgan fingerprint density at radius 1 is 1.50 bits per heavy atom. The van der Waals surface area contributed by atoms with Crippen molar-refractivity contribution in [1.82, 2.24) is 5.32 Å². The quantitative estimate of drug-likeness (QED) is 0.629. The first kappa shape index (κ1) is 9.47. The van der Waals surface area contributed by atoms with Gasteiger partial charge in [-0.3, -0.25) is 4.79 Å². The summed E-state index contributed by atoms with van der Waals surface area (Å²) in [6.45, 7) is 11.1. The number of nitrogens with one attached hydrogen (secondary N) is 1. The molecule has 2 radical (unpaired) electrons. The van der Waals surface area contributed by atoms with E-state index in [9.17, 15) is 4.79 Å². The molecule has 0 aliphatic heterocycles. The third-order valence-corrected chi connectivity index (χ3v) is 1.21. The molecule has 0 aromatic rings. The molecule has 10 heavy (non-hydrogen) atoms. The molecule has 58 valence electrons. The molecule has 0 rings (SSSR count). The first-order valence-corrected chi connectivity index (χ1v) is 3.58. The van der Waals surface area contributed by atoms with Crippen molar-refractivity contribution in [3.63, 3.8) is 0 Å². The van der Waals surface area contributed by atoms with Gasteiger partial charge in [0.25, 0.3) is 0 Å². The van der Waals surface area contributed by atoms with Gasteiger partial charge in [0.2, 0.25) is 5.91 Å². The van der Waals surface area contributed by atoms with Crippen molar-refractivity contribution in [2.24, 2.45) is 5.92 Å². The van der Waals surface area contributed by atoms with E-state index in [0.29, 0.717) is 5.92 Å². The Kier molecular flexibility index (Phi) is 4.08. The molecule has 0 aromatic heterocycles. The Morgan fingerprint density at radius 3 is 2.30 bits per heavy atom. The number of hydrogen-bond acceptors (Lipinski definition) is 1. The van der Waals surface area contributed by atoms with Gasteiger partial charge in [-0.2, -0.15) is 0 Å². The smallest absolute Gasteiger partial charge is 0.224 e. The normalized spacial score (nSPS) is 13.3. The van der Waals surface area contributed by atoms with Crippen molar-refractivity contribution in [2.45, 2.75) is 33.2 Å². The molecular weight excluding hydrogens is 126 g/mol. The van der Waals surface area contributed by atoms with E-state index < -0.39 is 5.91 Å². The van der Waals surface area contributed by atoms with Crippen LogP contribution in [0.25, 0.3) is 0 Å². The van der Waals surface area contributed by atoms with E-state index >= 15 is 0 Å². The highest BCUT2D eigenvalue weighted by Crippen LogP contribution is 2.02. The van der Waals surface area contributed by atoms with E-state index in [4.69, 9.17) is 6.92 Å². The Morgan fingerprint density at radius 2 is 2.00 bits per heavy atom. The molecule has 1 amide bonds. The highest BCUT2D eigenvalue weighted by Gasteiger charge is 2.04. The predicted molar refractivity (Wildman–Crippen MR) is 41.4 cm³/mol. The summed E-state index contributed by atoms with van der Waals surface area (Å²) < 4.78 is 0. The summed E-state index contributed by atoms with van der Waals surface area (Å²) in [5.41, 5.74) is 0.